The molecular weight excluding hydrogens is 338 g/mol. The van der Waals surface area contributed by atoms with E-state index in [1.165, 1.54) is 6.08 Å². The summed E-state index contributed by atoms with van der Waals surface area (Å²) >= 11 is 6.38. The third-order valence-electron chi connectivity index (χ3n) is 3.52. The second-order valence-corrected chi connectivity index (χ2v) is 6.82. The van der Waals surface area contributed by atoms with Gasteiger partial charge in [0.25, 0.3) is 0 Å². The molecule has 7 heteroatoms. The van der Waals surface area contributed by atoms with Crippen LogP contribution in [-0.4, -0.2) is 34.8 Å². The quantitative estimate of drug-likeness (QED) is 0.798. The first-order valence-electron chi connectivity index (χ1n) is 8.14. The van der Waals surface area contributed by atoms with Gasteiger partial charge in [-0.1, -0.05) is 25.4 Å². The molecule has 2 aromatic rings. The molecule has 0 aliphatic rings. The first-order valence-corrected chi connectivity index (χ1v) is 8.51. The highest BCUT2D eigenvalue weighted by Gasteiger charge is 2.13. The minimum atomic E-state index is -0.247. The van der Waals surface area contributed by atoms with Gasteiger partial charge < -0.3 is 10.2 Å². The Balaban J connectivity index is 2.15. The highest BCUT2D eigenvalue weighted by molar-refractivity contribution is 6.31. The van der Waals surface area contributed by atoms with Gasteiger partial charge in [-0.3, -0.25) is 9.48 Å². The summed E-state index contributed by atoms with van der Waals surface area (Å²) in [6, 6.07) is 3.59. The number of anilines is 2. The van der Waals surface area contributed by atoms with Gasteiger partial charge in [-0.2, -0.15) is 5.10 Å². The molecule has 0 saturated heterocycles. The van der Waals surface area contributed by atoms with Crippen LogP contribution in [0, 0.1) is 12.8 Å². The van der Waals surface area contributed by atoms with E-state index in [0.717, 1.165) is 17.8 Å². The Kier molecular flexibility index (Phi) is 6.20. The molecule has 2 rings (SSSR count). The van der Waals surface area contributed by atoms with Crippen molar-refractivity contribution in [3.63, 3.8) is 0 Å². The van der Waals surface area contributed by atoms with Gasteiger partial charge in [-0.15, -0.1) is 0 Å². The average molecular weight is 362 g/mol. The summed E-state index contributed by atoms with van der Waals surface area (Å²) in [5.74, 6) is 0.887. The SMILES string of the molecule is Cc1nn(CC(C)C)c(Cl)c1/C=C/C(=O)Nc1cccnc1N(C)C. The summed E-state index contributed by atoms with van der Waals surface area (Å²) < 4.78 is 1.77. The number of nitrogens with one attached hydrogen (secondary N) is 1. The number of hydrogen-bond donors (Lipinski definition) is 1. The van der Waals surface area contributed by atoms with Gasteiger partial charge in [0.2, 0.25) is 5.91 Å². The van der Waals surface area contributed by atoms with Gasteiger partial charge in [0.05, 0.1) is 11.4 Å². The number of aryl methyl sites for hydroxylation is 1. The van der Waals surface area contributed by atoms with Crippen molar-refractivity contribution >= 4 is 35.1 Å². The summed E-state index contributed by atoms with van der Waals surface area (Å²) in [4.78, 5) is 18.4. The zero-order valence-corrected chi connectivity index (χ0v) is 16.0. The van der Waals surface area contributed by atoms with Gasteiger partial charge in [-0.05, 0) is 31.1 Å². The van der Waals surface area contributed by atoms with E-state index in [4.69, 9.17) is 11.6 Å². The van der Waals surface area contributed by atoms with E-state index < -0.39 is 0 Å². The van der Waals surface area contributed by atoms with Gasteiger partial charge in [-0.25, -0.2) is 4.98 Å². The first kappa shape index (κ1) is 19.0. The van der Waals surface area contributed by atoms with Gasteiger partial charge in [0, 0.05) is 38.5 Å². The van der Waals surface area contributed by atoms with Crippen molar-refractivity contribution in [3.8, 4) is 0 Å². The van der Waals surface area contributed by atoms with E-state index in [-0.39, 0.29) is 5.91 Å². The van der Waals surface area contributed by atoms with Gasteiger partial charge >= 0.3 is 0 Å². The third kappa shape index (κ3) is 4.82. The number of halogens is 1. The maximum absolute atomic E-state index is 12.3. The lowest BCUT2D eigenvalue weighted by Gasteiger charge is -2.15. The van der Waals surface area contributed by atoms with Crippen LogP contribution in [0.2, 0.25) is 5.15 Å². The fourth-order valence-corrected chi connectivity index (χ4v) is 2.71. The predicted molar refractivity (Wildman–Crippen MR) is 103 cm³/mol. The lowest BCUT2D eigenvalue weighted by atomic mass is 10.2. The molecule has 0 atom stereocenters. The number of carbonyl (C=O) groups is 1. The Morgan fingerprint density at radius 3 is 2.80 bits per heavy atom. The number of aromatic nitrogens is 3. The smallest absolute Gasteiger partial charge is 0.248 e. The van der Waals surface area contributed by atoms with Crippen LogP contribution in [-0.2, 0) is 11.3 Å². The molecule has 0 bridgehead atoms. The summed E-state index contributed by atoms with van der Waals surface area (Å²) in [5, 5.41) is 7.82. The standard InChI is InChI=1S/C18H24ClN5O/c1-12(2)11-24-17(19)14(13(3)22-24)8-9-16(25)21-15-7-6-10-20-18(15)23(4)5/h6-10,12H,11H2,1-5H3,(H,21,25)/b9-8+. The topological polar surface area (TPSA) is 63.1 Å². The lowest BCUT2D eigenvalue weighted by Crippen LogP contribution is -2.16. The Morgan fingerprint density at radius 1 is 1.44 bits per heavy atom. The van der Waals surface area contributed by atoms with E-state index in [1.807, 2.05) is 32.0 Å². The zero-order valence-electron chi connectivity index (χ0n) is 15.2. The van der Waals surface area contributed by atoms with Crippen LogP contribution in [0.1, 0.15) is 25.1 Å². The molecule has 0 aliphatic carbocycles. The molecule has 134 valence electrons. The molecule has 6 nitrogen and oxygen atoms in total. The number of hydrogen-bond acceptors (Lipinski definition) is 4. The maximum atomic E-state index is 12.3. The van der Waals surface area contributed by atoms with Crippen molar-refractivity contribution in [2.75, 3.05) is 24.3 Å². The van der Waals surface area contributed by atoms with E-state index in [2.05, 4.69) is 29.2 Å². The van der Waals surface area contributed by atoms with Crippen molar-refractivity contribution in [1.82, 2.24) is 14.8 Å². The molecule has 25 heavy (non-hydrogen) atoms. The largest absolute Gasteiger partial charge is 0.361 e. The van der Waals surface area contributed by atoms with Crippen molar-refractivity contribution in [1.29, 1.82) is 0 Å². The van der Waals surface area contributed by atoms with Crippen LogP contribution in [0.25, 0.3) is 6.08 Å². The van der Waals surface area contributed by atoms with Gasteiger partial charge in [0.15, 0.2) is 5.82 Å². The van der Waals surface area contributed by atoms with E-state index in [1.54, 1.807) is 23.0 Å². The zero-order chi connectivity index (χ0) is 18.6. The molecule has 0 radical (unpaired) electrons. The number of rotatable bonds is 6. The normalized spacial score (nSPS) is 11.3. The van der Waals surface area contributed by atoms with E-state index in [0.29, 0.717) is 22.6 Å². The summed E-state index contributed by atoms with van der Waals surface area (Å²) in [6.45, 7) is 6.83. The summed E-state index contributed by atoms with van der Waals surface area (Å²) in [7, 11) is 3.75. The highest BCUT2D eigenvalue weighted by atomic mass is 35.5. The van der Waals surface area contributed by atoms with E-state index in [9.17, 15) is 4.79 Å². The molecular formula is C18H24ClN5O. The molecule has 1 N–H and O–H groups in total. The Bertz CT molecular complexity index is 780. The minimum Gasteiger partial charge on any atom is -0.361 e. The molecule has 0 spiro atoms. The average Bonchev–Trinajstić information content (AvgIpc) is 2.79. The van der Waals surface area contributed by atoms with Crippen molar-refractivity contribution in [3.05, 3.63) is 40.8 Å². The predicted octanol–water partition coefficient (Wildman–Crippen LogP) is 3.61. The fourth-order valence-electron chi connectivity index (χ4n) is 2.41. The minimum absolute atomic E-state index is 0.247. The molecule has 0 aromatic carbocycles. The fraction of sp³-hybridized carbons (Fsp3) is 0.389. The number of amides is 1. The summed E-state index contributed by atoms with van der Waals surface area (Å²) in [6.07, 6.45) is 4.84. The van der Waals surface area contributed by atoms with Crippen LogP contribution >= 0.6 is 11.6 Å². The summed E-state index contributed by atoms with van der Waals surface area (Å²) in [5.41, 5.74) is 2.21. The Hall–Kier alpha value is -2.34. The second kappa shape index (κ2) is 8.16. The van der Waals surface area contributed by atoms with Crippen molar-refractivity contribution in [2.24, 2.45) is 5.92 Å². The lowest BCUT2D eigenvalue weighted by molar-refractivity contribution is -0.111. The molecule has 2 aromatic heterocycles. The number of pyridine rings is 1. The van der Waals surface area contributed by atoms with Crippen LogP contribution in [0.15, 0.2) is 24.4 Å². The first-order chi connectivity index (χ1) is 11.8. The third-order valence-corrected chi connectivity index (χ3v) is 3.92. The van der Waals surface area contributed by atoms with Crippen molar-refractivity contribution in [2.45, 2.75) is 27.3 Å². The second-order valence-electron chi connectivity index (χ2n) is 6.46. The van der Waals surface area contributed by atoms with Crippen LogP contribution in [0.4, 0.5) is 11.5 Å². The highest BCUT2D eigenvalue weighted by Crippen LogP contribution is 2.23. The van der Waals surface area contributed by atoms with Crippen LogP contribution < -0.4 is 10.2 Å². The molecule has 1 amide bonds. The van der Waals surface area contributed by atoms with Crippen molar-refractivity contribution < 1.29 is 4.79 Å². The Morgan fingerprint density at radius 2 is 2.16 bits per heavy atom. The monoisotopic (exact) mass is 361 g/mol. The van der Waals surface area contributed by atoms with Crippen LogP contribution in [0.3, 0.4) is 0 Å². The Labute approximate surface area is 153 Å². The van der Waals surface area contributed by atoms with Crippen LogP contribution in [0.5, 0.6) is 0 Å². The molecule has 0 fully saturated rings. The molecule has 2 heterocycles. The number of nitrogens with zero attached hydrogens (tertiary/aromatic N) is 4. The number of carbonyl (C=O) groups excluding carboxylic acids is 1. The maximum Gasteiger partial charge on any atom is 0.248 e. The molecule has 0 unspecified atom stereocenters. The van der Waals surface area contributed by atoms with Gasteiger partial charge in [0.1, 0.15) is 5.15 Å². The molecule has 0 saturated carbocycles. The molecule has 0 aliphatic heterocycles. The van der Waals surface area contributed by atoms with E-state index >= 15 is 0 Å².